The number of aromatic nitrogens is 1. The van der Waals surface area contributed by atoms with E-state index in [1.54, 1.807) is 0 Å². The van der Waals surface area contributed by atoms with Gasteiger partial charge in [0.25, 0.3) is 0 Å². The lowest BCUT2D eigenvalue weighted by Crippen LogP contribution is -2.09. The Bertz CT molecular complexity index is 576. The van der Waals surface area contributed by atoms with Crippen LogP contribution in [0.1, 0.15) is 53.2 Å². The third-order valence-electron chi connectivity index (χ3n) is 3.33. The van der Waals surface area contributed by atoms with Crippen molar-refractivity contribution in [1.82, 2.24) is 4.98 Å². The van der Waals surface area contributed by atoms with Gasteiger partial charge in [0.15, 0.2) is 0 Å². The van der Waals surface area contributed by atoms with Crippen molar-refractivity contribution in [1.29, 1.82) is 0 Å². The van der Waals surface area contributed by atoms with E-state index in [1.165, 1.54) is 16.6 Å². The molecule has 0 saturated heterocycles. The first-order valence-electron chi connectivity index (χ1n) is 7.21. The maximum atomic E-state index is 4.76. The monoisotopic (exact) mass is 258 g/mol. The van der Waals surface area contributed by atoms with Crippen LogP contribution >= 0.6 is 0 Å². The van der Waals surface area contributed by atoms with Crippen LogP contribution in [0.4, 0.5) is 5.69 Å². The van der Waals surface area contributed by atoms with Gasteiger partial charge in [0.1, 0.15) is 0 Å². The quantitative estimate of drug-likeness (QED) is 0.836. The van der Waals surface area contributed by atoms with E-state index in [-0.39, 0.29) is 1.43 Å². The molecule has 1 heterocycles. The van der Waals surface area contributed by atoms with Gasteiger partial charge in [-0.2, -0.15) is 0 Å². The summed E-state index contributed by atoms with van der Waals surface area (Å²) in [5.41, 5.74) is 4.84. The summed E-state index contributed by atoms with van der Waals surface area (Å²) < 4.78 is 0. The number of aryl methyl sites for hydroxylation is 1. The Morgan fingerprint density at radius 3 is 2.47 bits per heavy atom. The lowest BCUT2D eigenvalue weighted by molar-refractivity contribution is 0.866. The van der Waals surface area contributed by atoms with Gasteiger partial charge < -0.3 is 5.32 Å². The van der Waals surface area contributed by atoms with E-state index in [0.717, 1.165) is 17.6 Å². The molecule has 1 aromatic carbocycles. The van der Waals surface area contributed by atoms with E-state index in [1.807, 2.05) is 0 Å². The van der Waals surface area contributed by atoms with Crippen molar-refractivity contribution in [3.05, 3.63) is 35.5 Å². The van der Waals surface area contributed by atoms with E-state index >= 15 is 0 Å². The minimum atomic E-state index is 0. The standard InChI is InChI=1S/C17H24N2.H2/c1-6-13-9-16(11(2)3)15-8-7-14(18-12(4)5)10-17(15)19-13;/h7-12,18H,6H2,1-5H3;1H. The fourth-order valence-electron chi connectivity index (χ4n) is 2.39. The van der Waals surface area contributed by atoms with E-state index in [0.29, 0.717) is 12.0 Å². The van der Waals surface area contributed by atoms with Crippen LogP contribution in [0.5, 0.6) is 0 Å². The fraction of sp³-hybridized carbons (Fsp3) is 0.471. The predicted molar refractivity (Wildman–Crippen MR) is 86.1 cm³/mol. The van der Waals surface area contributed by atoms with E-state index in [9.17, 15) is 0 Å². The van der Waals surface area contributed by atoms with Gasteiger partial charge in [0.2, 0.25) is 0 Å². The number of nitrogens with zero attached hydrogens (tertiary/aromatic N) is 1. The predicted octanol–water partition coefficient (Wildman–Crippen LogP) is 4.99. The molecule has 19 heavy (non-hydrogen) atoms. The molecule has 1 N–H and O–H groups in total. The molecule has 0 aliphatic carbocycles. The number of fused-ring (bicyclic) bond motifs is 1. The molecule has 2 rings (SSSR count). The summed E-state index contributed by atoms with van der Waals surface area (Å²) in [6.45, 7) is 11.0. The van der Waals surface area contributed by atoms with Gasteiger partial charge in [-0.3, -0.25) is 4.98 Å². The molecule has 0 atom stereocenters. The molecule has 0 radical (unpaired) electrons. The molecule has 0 bridgehead atoms. The van der Waals surface area contributed by atoms with Gasteiger partial charge in [-0.15, -0.1) is 0 Å². The molecule has 1 aromatic heterocycles. The highest BCUT2D eigenvalue weighted by atomic mass is 14.9. The lowest BCUT2D eigenvalue weighted by Gasteiger charge is -2.14. The van der Waals surface area contributed by atoms with Crippen molar-refractivity contribution in [3.8, 4) is 0 Å². The van der Waals surface area contributed by atoms with Crippen molar-refractivity contribution >= 4 is 16.6 Å². The largest absolute Gasteiger partial charge is 0.383 e. The van der Waals surface area contributed by atoms with Gasteiger partial charge in [-0.05, 0) is 49.9 Å². The molecular formula is C17H26N2. The molecule has 104 valence electrons. The number of hydrogen-bond acceptors (Lipinski definition) is 2. The number of hydrogen-bond donors (Lipinski definition) is 1. The molecule has 2 aromatic rings. The van der Waals surface area contributed by atoms with Crippen molar-refractivity contribution in [3.63, 3.8) is 0 Å². The number of nitrogens with one attached hydrogen (secondary N) is 1. The SMILES string of the molecule is CCc1cc(C(C)C)c2ccc(NC(C)C)cc2n1.[HH]. The molecular weight excluding hydrogens is 232 g/mol. The summed E-state index contributed by atoms with van der Waals surface area (Å²) in [5, 5.41) is 4.72. The third kappa shape index (κ3) is 3.06. The number of benzene rings is 1. The highest BCUT2D eigenvalue weighted by Crippen LogP contribution is 2.27. The summed E-state index contributed by atoms with van der Waals surface area (Å²) in [4.78, 5) is 4.76. The second kappa shape index (κ2) is 5.60. The molecule has 0 spiro atoms. The Kier molecular flexibility index (Phi) is 4.08. The van der Waals surface area contributed by atoms with Crippen LogP contribution in [-0.4, -0.2) is 11.0 Å². The lowest BCUT2D eigenvalue weighted by atomic mass is 9.97. The maximum Gasteiger partial charge on any atom is 0.0728 e. The summed E-state index contributed by atoms with van der Waals surface area (Å²) >= 11 is 0. The van der Waals surface area contributed by atoms with Crippen LogP contribution in [0.25, 0.3) is 10.9 Å². The molecule has 2 nitrogen and oxygen atoms in total. The zero-order chi connectivity index (χ0) is 14.0. The number of pyridine rings is 1. The van der Waals surface area contributed by atoms with Gasteiger partial charge in [0.05, 0.1) is 5.52 Å². The molecule has 0 unspecified atom stereocenters. The Morgan fingerprint density at radius 1 is 1.16 bits per heavy atom. The van der Waals surface area contributed by atoms with E-state index in [2.05, 4.69) is 64.2 Å². The van der Waals surface area contributed by atoms with Crippen LogP contribution in [0.2, 0.25) is 0 Å². The summed E-state index contributed by atoms with van der Waals surface area (Å²) in [7, 11) is 0. The van der Waals surface area contributed by atoms with Gasteiger partial charge in [-0.25, -0.2) is 0 Å². The highest BCUT2D eigenvalue weighted by molar-refractivity contribution is 5.86. The van der Waals surface area contributed by atoms with Crippen molar-refractivity contribution in [2.75, 3.05) is 5.32 Å². The summed E-state index contributed by atoms with van der Waals surface area (Å²) in [6, 6.07) is 9.21. The van der Waals surface area contributed by atoms with E-state index in [4.69, 9.17) is 4.98 Å². The fourth-order valence-corrected chi connectivity index (χ4v) is 2.39. The average molecular weight is 258 g/mol. The van der Waals surface area contributed by atoms with Gasteiger partial charge in [0, 0.05) is 24.2 Å². The Labute approximate surface area is 117 Å². The molecule has 0 amide bonds. The molecule has 0 aliphatic rings. The van der Waals surface area contributed by atoms with Gasteiger partial charge in [-0.1, -0.05) is 26.8 Å². The third-order valence-corrected chi connectivity index (χ3v) is 3.33. The minimum Gasteiger partial charge on any atom is -0.383 e. The zero-order valence-electron chi connectivity index (χ0n) is 12.6. The second-order valence-electron chi connectivity index (χ2n) is 5.74. The molecule has 0 fully saturated rings. The van der Waals surface area contributed by atoms with Crippen LogP contribution in [-0.2, 0) is 6.42 Å². The minimum absolute atomic E-state index is 0. The van der Waals surface area contributed by atoms with E-state index < -0.39 is 0 Å². The van der Waals surface area contributed by atoms with Crippen LogP contribution < -0.4 is 5.32 Å². The molecule has 0 saturated carbocycles. The Balaban J connectivity index is 0.00000200. The molecule has 0 aliphatic heterocycles. The first-order chi connectivity index (χ1) is 9.01. The van der Waals surface area contributed by atoms with Crippen molar-refractivity contribution in [2.45, 2.75) is 53.0 Å². The first-order valence-corrected chi connectivity index (χ1v) is 7.21. The topological polar surface area (TPSA) is 24.9 Å². The van der Waals surface area contributed by atoms with Gasteiger partial charge >= 0.3 is 0 Å². The smallest absolute Gasteiger partial charge is 0.0728 e. The van der Waals surface area contributed by atoms with Crippen molar-refractivity contribution in [2.24, 2.45) is 0 Å². The zero-order valence-corrected chi connectivity index (χ0v) is 12.6. The normalized spacial score (nSPS) is 11.5. The summed E-state index contributed by atoms with van der Waals surface area (Å²) in [5.74, 6) is 0.528. The number of rotatable bonds is 4. The second-order valence-corrected chi connectivity index (χ2v) is 5.74. The Hall–Kier alpha value is -1.57. The van der Waals surface area contributed by atoms with Crippen LogP contribution in [0, 0.1) is 0 Å². The maximum absolute atomic E-state index is 4.76. The van der Waals surface area contributed by atoms with Crippen molar-refractivity contribution < 1.29 is 1.43 Å². The van der Waals surface area contributed by atoms with Crippen LogP contribution in [0.3, 0.4) is 0 Å². The Morgan fingerprint density at radius 2 is 1.89 bits per heavy atom. The summed E-state index contributed by atoms with van der Waals surface area (Å²) in [6.07, 6.45) is 0.984. The highest BCUT2D eigenvalue weighted by Gasteiger charge is 2.09. The number of anilines is 1. The molecule has 2 heteroatoms. The average Bonchev–Trinajstić information content (AvgIpc) is 2.36. The first kappa shape index (κ1) is 13.9. The van der Waals surface area contributed by atoms with Crippen LogP contribution in [0.15, 0.2) is 24.3 Å².